The number of hydrogen-bond acceptors (Lipinski definition) is 3. The van der Waals surface area contributed by atoms with E-state index in [1.165, 1.54) is 18.4 Å². The molecule has 6 nitrogen and oxygen atoms in total. The molecule has 1 aliphatic heterocycles. The Balaban J connectivity index is 1.20. The van der Waals surface area contributed by atoms with Crippen LogP contribution in [0, 0.1) is 5.92 Å². The highest BCUT2D eigenvalue weighted by atomic mass is 16.2. The molecule has 132 valence electrons. The summed E-state index contributed by atoms with van der Waals surface area (Å²) in [5, 5.41) is 10.4. The number of likely N-dealkylation sites (tertiary alicyclic amines) is 1. The number of aromatic nitrogens is 3. The van der Waals surface area contributed by atoms with Crippen LogP contribution in [-0.4, -0.2) is 45.7 Å². The highest BCUT2D eigenvalue weighted by molar-refractivity contribution is 5.74. The molecule has 1 aliphatic carbocycles. The molecule has 2 fully saturated rings. The number of H-pyrrole nitrogens is 1. The van der Waals surface area contributed by atoms with Crippen LogP contribution in [-0.2, 0) is 12.8 Å². The van der Waals surface area contributed by atoms with Gasteiger partial charge in [0.1, 0.15) is 5.82 Å². The molecule has 2 N–H and O–H groups in total. The van der Waals surface area contributed by atoms with Gasteiger partial charge in [-0.3, -0.25) is 5.10 Å². The van der Waals surface area contributed by atoms with Crippen molar-refractivity contribution in [2.75, 3.05) is 19.6 Å². The van der Waals surface area contributed by atoms with Gasteiger partial charge in [0.15, 0.2) is 5.82 Å². The largest absolute Gasteiger partial charge is 0.338 e. The molecule has 0 radical (unpaired) electrons. The first-order chi connectivity index (χ1) is 12.3. The number of rotatable bonds is 6. The maximum Gasteiger partial charge on any atom is 0.317 e. The lowest BCUT2D eigenvalue weighted by Gasteiger charge is -2.17. The number of amides is 2. The lowest BCUT2D eigenvalue weighted by molar-refractivity contribution is 0.207. The summed E-state index contributed by atoms with van der Waals surface area (Å²) in [5.41, 5.74) is 1.25. The third-order valence-electron chi connectivity index (χ3n) is 5.08. The molecule has 0 bridgehead atoms. The number of benzene rings is 1. The van der Waals surface area contributed by atoms with E-state index in [0.717, 1.165) is 44.0 Å². The quantitative estimate of drug-likeness (QED) is 0.849. The van der Waals surface area contributed by atoms with E-state index in [2.05, 4.69) is 32.6 Å². The normalized spacial score (nSPS) is 20.0. The number of carbonyl (C=O) groups is 1. The number of nitrogens with zero attached hydrogens (tertiary/aromatic N) is 3. The Hall–Kier alpha value is -2.37. The molecular formula is C19H25N5O. The first-order valence-corrected chi connectivity index (χ1v) is 9.26. The van der Waals surface area contributed by atoms with Gasteiger partial charge in [0.25, 0.3) is 0 Å². The Kier molecular flexibility index (Phi) is 4.68. The molecule has 6 heteroatoms. The van der Waals surface area contributed by atoms with Crippen LogP contribution in [0.2, 0.25) is 0 Å². The molecule has 1 atom stereocenters. The molecule has 2 aromatic rings. The van der Waals surface area contributed by atoms with E-state index >= 15 is 0 Å². The summed E-state index contributed by atoms with van der Waals surface area (Å²) < 4.78 is 0. The summed E-state index contributed by atoms with van der Waals surface area (Å²) in [4.78, 5) is 18.8. The standard InChI is InChI=1S/C19H25N5O/c25-19(20-10-8-14-4-2-1-3-5-14)24-11-9-15(13-24)12-17-21-18(23-22-17)16-6-7-16/h1-5,15-16H,6-13H2,(H,20,25)(H,21,22,23). The summed E-state index contributed by atoms with van der Waals surface area (Å²) in [6.45, 7) is 2.30. The van der Waals surface area contributed by atoms with Gasteiger partial charge in [-0.2, -0.15) is 5.10 Å². The molecule has 1 aromatic carbocycles. The Bertz CT molecular complexity index is 710. The molecule has 2 heterocycles. The lowest BCUT2D eigenvalue weighted by atomic mass is 10.1. The van der Waals surface area contributed by atoms with E-state index in [1.54, 1.807) is 0 Å². The van der Waals surface area contributed by atoms with Crippen LogP contribution >= 0.6 is 0 Å². The van der Waals surface area contributed by atoms with Gasteiger partial charge < -0.3 is 10.2 Å². The predicted octanol–water partition coefficient (Wildman–Crippen LogP) is 2.50. The van der Waals surface area contributed by atoms with Gasteiger partial charge in [0, 0.05) is 32.0 Å². The van der Waals surface area contributed by atoms with Gasteiger partial charge in [0.05, 0.1) is 0 Å². The van der Waals surface area contributed by atoms with E-state index in [9.17, 15) is 4.79 Å². The Labute approximate surface area is 148 Å². The molecular weight excluding hydrogens is 314 g/mol. The van der Waals surface area contributed by atoms with Crippen molar-refractivity contribution < 1.29 is 4.79 Å². The average molecular weight is 339 g/mol. The predicted molar refractivity (Wildman–Crippen MR) is 95.3 cm³/mol. The fourth-order valence-corrected chi connectivity index (χ4v) is 3.45. The minimum absolute atomic E-state index is 0.0506. The van der Waals surface area contributed by atoms with Crippen molar-refractivity contribution in [2.45, 2.75) is 38.0 Å². The summed E-state index contributed by atoms with van der Waals surface area (Å²) in [5.74, 6) is 3.00. The van der Waals surface area contributed by atoms with Gasteiger partial charge >= 0.3 is 6.03 Å². The summed E-state index contributed by atoms with van der Waals surface area (Å²) in [6, 6.07) is 10.3. The van der Waals surface area contributed by atoms with Crippen molar-refractivity contribution in [3.63, 3.8) is 0 Å². The Morgan fingerprint density at radius 1 is 1.24 bits per heavy atom. The molecule has 0 spiro atoms. The zero-order valence-electron chi connectivity index (χ0n) is 14.4. The summed E-state index contributed by atoms with van der Waals surface area (Å²) >= 11 is 0. The minimum Gasteiger partial charge on any atom is -0.338 e. The van der Waals surface area contributed by atoms with Crippen LogP contribution in [0.4, 0.5) is 4.79 Å². The number of urea groups is 1. The third-order valence-corrected chi connectivity index (χ3v) is 5.08. The number of hydrogen-bond donors (Lipinski definition) is 2. The van der Waals surface area contributed by atoms with Crippen LogP contribution in [0.5, 0.6) is 0 Å². The highest BCUT2D eigenvalue weighted by Gasteiger charge is 2.30. The summed E-state index contributed by atoms with van der Waals surface area (Å²) in [6.07, 6.45) is 5.22. The third kappa shape index (κ3) is 4.18. The summed E-state index contributed by atoms with van der Waals surface area (Å²) in [7, 11) is 0. The first-order valence-electron chi connectivity index (χ1n) is 9.26. The van der Waals surface area contributed by atoms with Gasteiger partial charge in [-0.15, -0.1) is 0 Å². The lowest BCUT2D eigenvalue weighted by Crippen LogP contribution is -2.39. The molecule has 2 amide bonds. The Morgan fingerprint density at radius 3 is 2.88 bits per heavy atom. The van der Waals surface area contributed by atoms with Gasteiger partial charge in [-0.25, -0.2) is 9.78 Å². The minimum atomic E-state index is 0.0506. The van der Waals surface area contributed by atoms with Crippen LogP contribution in [0.25, 0.3) is 0 Å². The van der Waals surface area contributed by atoms with E-state index in [4.69, 9.17) is 0 Å². The Morgan fingerprint density at radius 2 is 2.08 bits per heavy atom. The smallest absolute Gasteiger partial charge is 0.317 e. The van der Waals surface area contributed by atoms with Crippen molar-refractivity contribution in [3.8, 4) is 0 Å². The van der Waals surface area contributed by atoms with Gasteiger partial charge in [0.2, 0.25) is 0 Å². The monoisotopic (exact) mass is 339 g/mol. The SMILES string of the molecule is O=C(NCCc1ccccc1)N1CCC(Cc2nc(C3CC3)n[nH]2)C1. The van der Waals surface area contributed by atoms with Crippen LogP contribution in [0.15, 0.2) is 30.3 Å². The van der Waals surface area contributed by atoms with Gasteiger partial charge in [-0.1, -0.05) is 30.3 Å². The van der Waals surface area contributed by atoms with Crippen molar-refractivity contribution >= 4 is 6.03 Å². The molecule has 1 aromatic heterocycles. The molecule has 1 saturated heterocycles. The fraction of sp³-hybridized carbons (Fsp3) is 0.526. The van der Waals surface area contributed by atoms with Crippen LogP contribution < -0.4 is 5.32 Å². The molecule has 2 aliphatic rings. The highest BCUT2D eigenvalue weighted by Crippen LogP contribution is 2.37. The maximum atomic E-state index is 12.3. The fourth-order valence-electron chi connectivity index (χ4n) is 3.45. The molecule has 1 saturated carbocycles. The molecule has 4 rings (SSSR count). The second-order valence-electron chi connectivity index (χ2n) is 7.19. The van der Waals surface area contributed by atoms with Crippen LogP contribution in [0.3, 0.4) is 0 Å². The van der Waals surface area contributed by atoms with E-state index in [1.807, 2.05) is 23.1 Å². The first kappa shape index (κ1) is 16.1. The van der Waals surface area contributed by atoms with E-state index in [-0.39, 0.29) is 6.03 Å². The van der Waals surface area contributed by atoms with E-state index in [0.29, 0.717) is 18.4 Å². The topological polar surface area (TPSA) is 73.9 Å². The number of carbonyl (C=O) groups excluding carboxylic acids is 1. The zero-order chi connectivity index (χ0) is 17.1. The van der Waals surface area contributed by atoms with Crippen LogP contribution in [0.1, 0.15) is 42.4 Å². The second-order valence-corrected chi connectivity index (χ2v) is 7.19. The number of aromatic amines is 1. The average Bonchev–Trinajstić information content (AvgIpc) is 3.20. The zero-order valence-corrected chi connectivity index (χ0v) is 14.4. The molecule has 25 heavy (non-hydrogen) atoms. The van der Waals surface area contributed by atoms with Crippen molar-refractivity contribution in [1.29, 1.82) is 0 Å². The van der Waals surface area contributed by atoms with Gasteiger partial charge in [-0.05, 0) is 37.2 Å². The van der Waals surface area contributed by atoms with E-state index < -0.39 is 0 Å². The number of nitrogens with one attached hydrogen (secondary N) is 2. The van der Waals surface area contributed by atoms with Crippen molar-refractivity contribution in [2.24, 2.45) is 5.92 Å². The molecule has 1 unspecified atom stereocenters. The van der Waals surface area contributed by atoms with Crippen molar-refractivity contribution in [3.05, 3.63) is 47.5 Å². The second kappa shape index (κ2) is 7.25. The maximum absolute atomic E-state index is 12.3. The van der Waals surface area contributed by atoms with Crippen molar-refractivity contribution in [1.82, 2.24) is 25.4 Å².